The molecule has 0 aliphatic heterocycles. The van der Waals surface area contributed by atoms with Crippen molar-refractivity contribution in [3.05, 3.63) is 22.4 Å². The van der Waals surface area contributed by atoms with E-state index in [9.17, 15) is 0 Å². The van der Waals surface area contributed by atoms with Crippen molar-refractivity contribution in [3.8, 4) is 0 Å². The first-order valence-corrected chi connectivity index (χ1v) is 5.16. The van der Waals surface area contributed by atoms with Gasteiger partial charge in [-0.15, -0.1) is 24.0 Å². The third-order valence-electron chi connectivity index (χ3n) is 1.43. The molecule has 0 aliphatic rings. The molecule has 0 aliphatic carbocycles. The molecule has 13 heavy (non-hydrogen) atoms. The van der Waals surface area contributed by atoms with Crippen molar-refractivity contribution in [1.29, 1.82) is 0 Å². The summed E-state index contributed by atoms with van der Waals surface area (Å²) in [6.07, 6.45) is 0.946. The molecule has 5 heteroatoms. The van der Waals surface area contributed by atoms with Crippen LogP contribution in [0.25, 0.3) is 0 Å². The SMILES string of the molecule is Cl.NC(CCl)=NCCc1ccsc1. The number of nitrogens with two attached hydrogens (primary N) is 1. The van der Waals surface area contributed by atoms with E-state index < -0.39 is 0 Å². The Morgan fingerprint density at radius 3 is 2.92 bits per heavy atom. The molecule has 1 heterocycles. The van der Waals surface area contributed by atoms with Gasteiger partial charge in [-0.3, -0.25) is 4.99 Å². The van der Waals surface area contributed by atoms with Gasteiger partial charge in [0.25, 0.3) is 0 Å². The number of nitrogens with zero attached hydrogens (tertiary/aromatic N) is 1. The molecule has 2 N–H and O–H groups in total. The van der Waals surface area contributed by atoms with E-state index >= 15 is 0 Å². The van der Waals surface area contributed by atoms with Gasteiger partial charge in [0.15, 0.2) is 0 Å². The van der Waals surface area contributed by atoms with Gasteiger partial charge < -0.3 is 5.73 Å². The summed E-state index contributed by atoms with van der Waals surface area (Å²) in [6, 6.07) is 2.09. The predicted molar refractivity (Wildman–Crippen MR) is 62.5 cm³/mol. The van der Waals surface area contributed by atoms with E-state index in [1.165, 1.54) is 5.56 Å². The molecule has 0 saturated carbocycles. The maximum absolute atomic E-state index is 5.46. The quantitative estimate of drug-likeness (QED) is 0.488. The number of hydrogen-bond donors (Lipinski definition) is 1. The molecular weight excluding hydrogens is 227 g/mol. The van der Waals surface area contributed by atoms with Crippen LogP contribution in [0.3, 0.4) is 0 Å². The Morgan fingerprint density at radius 1 is 1.62 bits per heavy atom. The van der Waals surface area contributed by atoms with Gasteiger partial charge in [-0.25, -0.2) is 0 Å². The summed E-state index contributed by atoms with van der Waals surface area (Å²) in [7, 11) is 0. The van der Waals surface area contributed by atoms with E-state index in [-0.39, 0.29) is 12.4 Å². The molecule has 0 radical (unpaired) electrons. The smallest absolute Gasteiger partial charge is 0.109 e. The van der Waals surface area contributed by atoms with Crippen LogP contribution in [-0.2, 0) is 6.42 Å². The van der Waals surface area contributed by atoms with E-state index in [4.69, 9.17) is 17.3 Å². The van der Waals surface area contributed by atoms with Gasteiger partial charge in [-0.2, -0.15) is 11.3 Å². The van der Waals surface area contributed by atoms with Crippen LogP contribution in [0, 0.1) is 0 Å². The fraction of sp³-hybridized carbons (Fsp3) is 0.375. The minimum absolute atomic E-state index is 0. The summed E-state index contributed by atoms with van der Waals surface area (Å²) in [5.41, 5.74) is 6.74. The Hall–Kier alpha value is -0.250. The topological polar surface area (TPSA) is 38.4 Å². The van der Waals surface area contributed by atoms with Crippen LogP contribution in [0.2, 0.25) is 0 Å². The monoisotopic (exact) mass is 238 g/mol. The molecule has 1 rings (SSSR count). The van der Waals surface area contributed by atoms with Gasteiger partial charge in [0, 0.05) is 6.54 Å². The zero-order valence-corrected chi connectivity index (χ0v) is 9.46. The maximum atomic E-state index is 5.46. The molecule has 74 valence electrons. The molecule has 1 aromatic heterocycles. The van der Waals surface area contributed by atoms with Gasteiger partial charge in [-0.1, -0.05) is 0 Å². The number of alkyl halides is 1. The lowest BCUT2D eigenvalue weighted by Gasteiger charge is -1.94. The van der Waals surface area contributed by atoms with Crippen LogP contribution in [0.1, 0.15) is 5.56 Å². The first-order valence-electron chi connectivity index (χ1n) is 3.68. The van der Waals surface area contributed by atoms with Crippen LogP contribution in [0.5, 0.6) is 0 Å². The average Bonchev–Trinajstić information content (AvgIpc) is 2.57. The first-order chi connectivity index (χ1) is 5.83. The standard InChI is InChI=1S/C8H11ClN2S.ClH/c9-5-8(10)11-3-1-7-2-4-12-6-7;/h2,4,6H,1,3,5H2,(H2,10,11);1H. The highest BCUT2D eigenvalue weighted by atomic mass is 35.5. The highest BCUT2D eigenvalue weighted by Gasteiger charge is 1.92. The normalized spacial score (nSPS) is 11.0. The summed E-state index contributed by atoms with van der Waals surface area (Å²) in [4.78, 5) is 4.08. The van der Waals surface area contributed by atoms with Crippen molar-refractivity contribution in [3.63, 3.8) is 0 Å². The first kappa shape index (κ1) is 12.8. The molecule has 0 bridgehead atoms. The lowest BCUT2D eigenvalue weighted by atomic mass is 10.2. The minimum Gasteiger partial charge on any atom is -0.386 e. The number of hydrogen-bond acceptors (Lipinski definition) is 2. The fourth-order valence-electron chi connectivity index (χ4n) is 0.806. The molecule has 0 spiro atoms. The van der Waals surface area contributed by atoms with Crippen LogP contribution in [0.4, 0.5) is 0 Å². The lowest BCUT2D eigenvalue weighted by Crippen LogP contribution is -2.13. The average molecular weight is 239 g/mol. The zero-order valence-electron chi connectivity index (χ0n) is 7.07. The molecule has 0 atom stereocenters. The van der Waals surface area contributed by atoms with Gasteiger partial charge in [0.2, 0.25) is 0 Å². The number of amidine groups is 1. The minimum atomic E-state index is 0. The van der Waals surface area contributed by atoms with E-state index in [2.05, 4.69) is 21.8 Å². The molecule has 0 unspecified atom stereocenters. The predicted octanol–water partition coefficient (Wildman–Crippen LogP) is 2.31. The van der Waals surface area contributed by atoms with Crippen LogP contribution >= 0.6 is 35.3 Å². The van der Waals surface area contributed by atoms with Crippen molar-refractivity contribution < 1.29 is 0 Å². The van der Waals surface area contributed by atoms with E-state index in [0.717, 1.165) is 13.0 Å². The number of aliphatic imine (C=N–C) groups is 1. The molecule has 0 saturated heterocycles. The van der Waals surface area contributed by atoms with Gasteiger partial charge >= 0.3 is 0 Å². The summed E-state index contributed by atoms with van der Waals surface area (Å²) < 4.78 is 0. The second-order valence-electron chi connectivity index (χ2n) is 2.39. The van der Waals surface area contributed by atoms with Crippen LogP contribution < -0.4 is 5.73 Å². The molecule has 0 fully saturated rings. The second-order valence-corrected chi connectivity index (χ2v) is 3.44. The van der Waals surface area contributed by atoms with E-state index in [1.54, 1.807) is 11.3 Å². The third-order valence-corrected chi connectivity index (χ3v) is 2.44. The van der Waals surface area contributed by atoms with Gasteiger partial charge in [0.1, 0.15) is 5.84 Å². The van der Waals surface area contributed by atoms with Gasteiger partial charge in [-0.05, 0) is 28.8 Å². The molecule has 1 aromatic rings. The summed E-state index contributed by atoms with van der Waals surface area (Å²) >= 11 is 7.16. The number of halogens is 2. The molecule has 0 amide bonds. The lowest BCUT2D eigenvalue weighted by molar-refractivity contribution is 0.970. The highest BCUT2D eigenvalue weighted by Crippen LogP contribution is 2.06. The van der Waals surface area contributed by atoms with Gasteiger partial charge in [0.05, 0.1) is 5.88 Å². The van der Waals surface area contributed by atoms with E-state index in [1.807, 2.05) is 0 Å². The molecule has 0 aromatic carbocycles. The Kier molecular flexibility index (Phi) is 7.04. The Balaban J connectivity index is 0.00000144. The Labute approximate surface area is 93.2 Å². The molecular formula is C8H12Cl2N2S. The Morgan fingerprint density at radius 2 is 2.38 bits per heavy atom. The Bertz CT molecular complexity index is 247. The second kappa shape index (κ2) is 7.18. The third kappa shape index (κ3) is 5.13. The largest absolute Gasteiger partial charge is 0.386 e. The van der Waals surface area contributed by atoms with Crippen molar-refractivity contribution in [2.75, 3.05) is 12.4 Å². The van der Waals surface area contributed by atoms with Crippen LogP contribution in [0.15, 0.2) is 21.8 Å². The molecule has 2 nitrogen and oxygen atoms in total. The van der Waals surface area contributed by atoms with E-state index in [0.29, 0.717) is 11.7 Å². The van der Waals surface area contributed by atoms with Crippen molar-refractivity contribution in [2.45, 2.75) is 6.42 Å². The summed E-state index contributed by atoms with van der Waals surface area (Å²) in [5.74, 6) is 0.843. The van der Waals surface area contributed by atoms with Crippen LogP contribution in [-0.4, -0.2) is 18.3 Å². The van der Waals surface area contributed by atoms with Crippen molar-refractivity contribution in [1.82, 2.24) is 0 Å². The highest BCUT2D eigenvalue weighted by molar-refractivity contribution is 7.07. The summed E-state index contributed by atoms with van der Waals surface area (Å²) in [6.45, 7) is 0.731. The fourth-order valence-corrected chi connectivity index (χ4v) is 1.59. The number of thiophene rings is 1. The maximum Gasteiger partial charge on any atom is 0.109 e. The zero-order chi connectivity index (χ0) is 8.81. The summed E-state index contributed by atoms with van der Waals surface area (Å²) in [5, 5.41) is 4.18. The number of rotatable bonds is 4. The van der Waals surface area contributed by atoms with Crippen molar-refractivity contribution in [2.24, 2.45) is 10.7 Å². The van der Waals surface area contributed by atoms with Crippen molar-refractivity contribution >= 4 is 41.2 Å².